The number of carbonyl (C=O) groups is 4. The normalized spacial score (nSPS) is 26.6. The van der Waals surface area contributed by atoms with Crippen LogP contribution in [0.15, 0.2) is 11.6 Å². The Bertz CT molecular complexity index is 439. The van der Waals surface area contributed by atoms with Gasteiger partial charge in [-0.05, 0) is 18.6 Å². The van der Waals surface area contributed by atoms with E-state index >= 15 is 0 Å². The molecule has 0 aliphatic heterocycles. The highest BCUT2D eigenvalue weighted by Gasteiger charge is 2.54. The summed E-state index contributed by atoms with van der Waals surface area (Å²) in [6.45, 7) is 1.31. The Hall–Kier alpha value is -1.86. The van der Waals surface area contributed by atoms with Gasteiger partial charge in [0.05, 0.1) is 0 Å². The predicted molar refractivity (Wildman–Crippen MR) is 51.3 cm³/mol. The van der Waals surface area contributed by atoms with Crippen LogP contribution in [0.1, 0.15) is 6.92 Å². The molecule has 7 nitrogen and oxygen atoms in total. The summed E-state index contributed by atoms with van der Waals surface area (Å²) in [5.41, 5.74) is 7.96. The van der Waals surface area contributed by atoms with Crippen LogP contribution in [0.25, 0.3) is 0 Å². The Balaban J connectivity index is 3.15. The van der Waals surface area contributed by atoms with Crippen molar-refractivity contribution in [3.63, 3.8) is 0 Å². The lowest BCUT2D eigenvalue weighted by molar-refractivity contribution is -0.145. The average Bonchev–Trinajstić information content (AvgIpc) is 2.41. The molecule has 0 saturated heterocycles. The summed E-state index contributed by atoms with van der Waals surface area (Å²) in [4.78, 5) is 45.0. The third-order valence-corrected chi connectivity index (χ3v) is 2.39. The van der Waals surface area contributed by atoms with Crippen LogP contribution in [0.5, 0.6) is 0 Å². The smallest absolute Gasteiger partial charge is 0.328 e. The van der Waals surface area contributed by atoms with E-state index < -0.39 is 34.9 Å². The van der Waals surface area contributed by atoms with E-state index in [0.29, 0.717) is 0 Å². The summed E-state index contributed by atoms with van der Waals surface area (Å²) in [6, 6.07) is -1.99. The summed E-state index contributed by atoms with van der Waals surface area (Å²) in [7, 11) is 0. The van der Waals surface area contributed by atoms with Crippen molar-refractivity contribution in [3.8, 4) is 0 Å². The van der Waals surface area contributed by atoms with Crippen LogP contribution in [0.2, 0.25) is 0 Å². The van der Waals surface area contributed by atoms with Crippen LogP contribution >= 0.6 is 0 Å². The highest BCUT2D eigenvalue weighted by molar-refractivity contribution is 6.42. The lowest BCUT2D eigenvalue weighted by Gasteiger charge is -2.20. The molecule has 7 heteroatoms. The second kappa shape index (κ2) is 3.62. The molecule has 0 aromatic heterocycles. The minimum absolute atomic E-state index is 0.0124. The average molecular weight is 226 g/mol. The summed E-state index contributed by atoms with van der Waals surface area (Å²) >= 11 is 0. The topological polar surface area (TPSA) is 141 Å². The van der Waals surface area contributed by atoms with Gasteiger partial charge in [-0.25, -0.2) is 0 Å². The molecule has 2 atom stereocenters. The van der Waals surface area contributed by atoms with E-state index in [1.165, 1.54) is 6.92 Å². The number of ketones is 3. The van der Waals surface area contributed by atoms with Gasteiger partial charge in [-0.1, -0.05) is 0 Å². The van der Waals surface area contributed by atoms with Gasteiger partial charge in [-0.15, -0.1) is 0 Å². The highest BCUT2D eigenvalue weighted by Crippen LogP contribution is 2.21. The molecule has 86 valence electrons. The molecule has 0 radical (unpaired) electrons. The third-order valence-electron chi connectivity index (χ3n) is 2.39. The second-order valence-corrected chi connectivity index (χ2v) is 3.51. The zero-order valence-corrected chi connectivity index (χ0v) is 8.39. The number of rotatable bonds is 3. The van der Waals surface area contributed by atoms with Crippen molar-refractivity contribution in [2.75, 3.05) is 0 Å². The van der Waals surface area contributed by atoms with E-state index in [4.69, 9.17) is 16.6 Å². The van der Waals surface area contributed by atoms with Crippen LogP contribution in [-0.4, -0.2) is 40.0 Å². The first-order valence-corrected chi connectivity index (χ1v) is 4.32. The molecule has 5 N–H and O–H groups in total. The number of Topliss-reactive ketones (excluding diaryl/α,β-unsaturated/α-hetero) is 2. The molecule has 0 bridgehead atoms. The number of hydrogen-bond acceptors (Lipinski definition) is 6. The van der Waals surface area contributed by atoms with E-state index in [1.807, 2.05) is 0 Å². The Kier molecular flexibility index (Phi) is 2.76. The van der Waals surface area contributed by atoms with E-state index in [2.05, 4.69) is 0 Å². The van der Waals surface area contributed by atoms with Gasteiger partial charge in [0.2, 0.25) is 5.54 Å². The molecule has 0 amide bonds. The van der Waals surface area contributed by atoms with Crippen LogP contribution in [-0.2, 0) is 19.2 Å². The molecule has 1 rings (SSSR count). The minimum atomic E-state index is -2.47. The predicted octanol–water partition coefficient (Wildman–Crippen LogP) is -2.24. The van der Waals surface area contributed by atoms with Crippen molar-refractivity contribution in [3.05, 3.63) is 11.6 Å². The molecule has 0 aromatic carbocycles. The fraction of sp³-hybridized carbons (Fsp3) is 0.333. The van der Waals surface area contributed by atoms with Gasteiger partial charge in [0.25, 0.3) is 0 Å². The molecule has 2 unspecified atom stereocenters. The number of hydrogen-bond donors (Lipinski definition) is 3. The second-order valence-electron chi connectivity index (χ2n) is 3.51. The number of carboxylic acid groups (broad SMARTS) is 1. The molecule has 1 aliphatic rings. The molecule has 0 saturated carbocycles. The Morgan fingerprint density at radius 3 is 2.25 bits per heavy atom. The number of carboxylic acids is 1. The van der Waals surface area contributed by atoms with Crippen molar-refractivity contribution in [2.24, 2.45) is 11.5 Å². The summed E-state index contributed by atoms with van der Waals surface area (Å²) in [5, 5.41) is 8.52. The van der Waals surface area contributed by atoms with Gasteiger partial charge in [-0.3, -0.25) is 19.2 Å². The summed E-state index contributed by atoms with van der Waals surface area (Å²) in [6.07, 6.45) is 0.912. The highest BCUT2D eigenvalue weighted by atomic mass is 16.4. The summed E-state index contributed by atoms with van der Waals surface area (Å²) in [5.74, 6) is -4.78. The maximum Gasteiger partial charge on any atom is 0.328 e. The number of aliphatic carboxylic acids is 1. The van der Waals surface area contributed by atoms with E-state index in [1.54, 1.807) is 0 Å². The number of nitrogens with two attached hydrogens (primary N) is 2. The van der Waals surface area contributed by atoms with Gasteiger partial charge in [-0.2, -0.15) is 0 Å². The first-order valence-electron chi connectivity index (χ1n) is 4.32. The Morgan fingerprint density at radius 1 is 1.44 bits per heavy atom. The molecule has 1 aliphatic carbocycles. The molecule has 0 spiro atoms. The maximum absolute atomic E-state index is 11.6. The zero-order chi connectivity index (χ0) is 12.7. The molecule has 16 heavy (non-hydrogen) atoms. The molecular formula is C9H10N2O5. The van der Waals surface area contributed by atoms with Crippen molar-refractivity contribution in [1.82, 2.24) is 0 Å². The minimum Gasteiger partial charge on any atom is -0.480 e. The first kappa shape index (κ1) is 12.2. The van der Waals surface area contributed by atoms with Crippen LogP contribution in [0.3, 0.4) is 0 Å². The van der Waals surface area contributed by atoms with Crippen LogP contribution < -0.4 is 11.5 Å². The van der Waals surface area contributed by atoms with Gasteiger partial charge in [0.15, 0.2) is 23.4 Å². The van der Waals surface area contributed by atoms with Crippen molar-refractivity contribution in [2.45, 2.75) is 18.5 Å². The quantitative estimate of drug-likeness (QED) is 0.462. The van der Waals surface area contributed by atoms with Gasteiger partial charge < -0.3 is 16.6 Å². The van der Waals surface area contributed by atoms with Crippen molar-refractivity contribution >= 4 is 23.3 Å². The molecule has 0 fully saturated rings. The fourth-order valence-corrected chi connectivity index (χ4v) is 1.39. The Labute approximate surface area is 90.1 Å². The SMILES string of the molecule is CC1=CC(=O)C(N)(C(=O)C(N)C(=O)O)C1=O. The lowest BCUT2D eigenvalue weighted by atomic mass is 9.85. The molecule has 0 heterocycles. The van der Waals surface area contributed by atoms with Crippen LogP contribution in [0, 0.1) is 0 Å². The maximum atomic E-state index is 11.6. The van der Waals surface area contributed by atoms with Crippen LogP contribution in [0.4, 0.5) is 0 Å². The molecular weight excluding hydrogens is 216 g/mol. The van der Waals surface area contributed by atoms with Gasteiger partial charge >= 0.3 is 5.97 Å². The van der Waals surface area contributed by atoms with E-state index in [-0.39, 0.29) is 5.57 Å². The lowest BCUT2D eigenvalue weighted by Crippen LogP contribution is -2.64. The molecule has 0 aromatic rings. The summed E-state index contributed by atoms with van der Waals surface area (Å²) < 4.78 is 0. The third kappa shape index (κ3) is 1.46. The van der Waals surface area contributed by atoms with E-state index in [0.717, 1.165) is 6.08 Å². The van der Waals surface area contributed by atoms with Crippen molar-refractivity contribution in [1.29, 1.82) is 0 Å². The fourth-order valence-electron chi connectivity index (χ4n) is 1.39. The van der Waals surface area contributed by atoms with E-state index in [9.17, 15) is 19.2 Å². The number of carbonyl (C=O) groups excluding carboxylic acids is 3. The monoisotopic (exact) mass is 226 g/mol. The first-order chi connectivity index (χ1) is 7.22. The zero-order valence-electron chi connectivity index (χ0n) is 8.39. The van der Waals surface area contributed by atoms with Crippen molar-refractivity contribution < 1.29 is 24.3 Å². The Morgan fingerprint density at radius 2 is 1.94 bits per heavy atom. The van der Waals surface area contributed by atoms with Gasteiger partial charge in [0.1, 0.15) is 0 Å². The van der Waals surface area contributed by atoms with Gasteiger partial charge in [0, 0.05) is 0 Å². The standard InChI is InChI=1S/C9H10N2O5/c1-3-2-4(12)9(11,6(3)13)7(14)5(10)8(15)16/h2,5H,10-11H2,1H3,(H,15,16). The largest absolute Gasteiger partial charge is 0.480 e.